The topological polar surface area (TPSA) is 105 Å². The maximum Gasteiger partial charge on any atom is 0.343 e. The number of aryl methyl sites for hydroxylation is 2. The van der Waals surface area contributed by atoms with Crippen LogP contribution in [0.4, 0.5) is 21.9 Å². The molecule has 0 bridgehead atoms. The van der Waals surface area contributed by atoms with Crippen LogP contribution in [0.3, 0.4) is 0 Å². The quantitative estimate of drug-likeness (QED) is 0.151. The number of barbiturate groups is 1. The number of amides is 5. The zero-order valence-electron chi connectivity index (χ0n) is 24.9. The molecule has 0 radical (unpaired) electrons. The first-order valence-electron chi connectivity index (χ1n) is 14.2. The third-order valence-electron chi connectivity index (χ3n) is 7.06. The largest absolute Gasteiger partial charge is 0.490 e. The first-order valence-corrected chi connectivity index (χ1v) is 15.0. The Morgan fingerprint density at radius 3 is 1.96 bits per heavy atom. The van der Waals surface area contributed by atoms with Crippen LogP contribution >= 0.6 is 15.9 Å². The molecule has 0 aliphatic carbocycles. The molecule has 1 saturated heterocycles. The molecule has 4 aromatic rings. The van der Waals surface area contributed by atoms with Crippen LogP contribution in [0.25, 0.3) is 6.08 Å². The molecule has 4 aromatic carbocycles. The van der Waals surface area contributed by atoms with Crippen LogP contribution < -0.4 is 24.6 Å². The van der Waals surface area contributed by atoms with Gasteiger partial charge >= 0.3 is 6.03 Å². The molecule has 45 heavy (non-hydrogen) atoms. The highest BCUT2D eigenvalue weighted by molar-refractivity contribution is 9.10. The summed E-state index contributed by atoms with van der Waals surface area (Å²) in [7, 11) is 0. The number of carbonyl (C=O) groups excluding carboxylic acids is 4. The first-order chi connectivity index (χ1) is 21.7. The number of urea groups is 1. The summed E-state index contributed by atoms with van der Waals surface area (Å²) in [4.78, 5) is 55.7. The van der Waals surface area contributed by atoms with Crippen molar-refractivity contribution in [3.05, 3.63) is 118 Å². The Balaban J connectivity index is 1.46. The molecule has 9 nitrogen and oxygen atoms in total. The molecule has 1 N–H and O–H groups in total. The highest BCUT2D eigenvalue weighted by Gasteiger charge is 2.43. The minimum absolute atomic E-state index is 0.224. The summed E-state index contributed by atoms with van der Waals surface area (Å²) in [6.07, 6.45) is 1.41. The van der Waals surface area contributed by atoms with E-state index in [2.05, 4.69) is 21.2 Å². The van der Waals surface area contributed by atoms with E-state index >= 15 is 0 Å². The Hall–Kier alpha value is -5.22. The van der Waals surface area contributed by atoms with Gasteiger partial charge in [-0.2, -0.15) is 0 Å². The molecular formula is C35H30BrN3O6. The fourth-order valence-electron chi connectivity index (χ4n) is 4.73. The molecule has 1 heterocycles. The lowest BCUT2D eigenvalue weighted by Gasteiger charge is -2.34. The van der Waals surface area contributed by atoms with E-state index in [-0.39, 0.29) is 30.4 Å². The van der Waals surface area contributed by atoms with Gasteiger partial charge in [-0.3, -0.25) is 14.4 Å². The van der Waals surface area contributed by atoms with Crippen LogP contribution in [0.1, 0.15) is 23.6 Å². The lowest BCUT2D eigenvalue weighted by atomic mass is 10.0. The molecule has 0 atom stereocenters. The van der Waals surface area contributed by atoms with Gasteiger partial charge in [0.05, 0.1) is 22.5 Å². The fourth-order valence-corrected chi connectivity index (χ4v) is 5.31. The van der Waals surface area contributed by atoms with Crippen LogP contribution in [0.15, 0.2) is 101 Å². The summed E-state index contributed by atoms with van der Waals surface area (Å²) in [5.41, 5.74) is 3.69. The third kappa shape index (κ3) is 6.81. The smallest absolute Gasteiger partial charge is 0.343 e. The number of ether oxygens (including phenoxy) is 2. The average Bonchev–Trinajstić information content (AvgIpc) is 3.02. The van der Waals surface area contributed by atoms with Crippen molar-refractivity contribution in [1.82, 2.24) is 0 Å². The number of imide groups is 2. The molecular weight excluding hydrogens is 638 g/mol. The van der Waals surface area contributed by atoms with E-state index in [1.165, 1.54) is 6.08 Å². The van der Waals surface area contributed by atoms with E-state index in [1.807, 2.05) is 32.0 Å². The van der Waals surface area contributed by atoms with Gasteiger partial charge in [-0.15, -0.1) is 0 Å². The zero-order chi connectivity index (χ0) is 32.1. The van der Waals surface area contributed by atoms with Crippen LogP contribution in [0.2, 0.25) is 0 Å². The number of hydrogen-bond donors (Lipinski definition) is 1. The highest BCUT2D eigenvalue weighted by Crippen LogP contribution is 2.38. The fraction of sp³-hybridized carbons (Fsp3) is 0.143. The van der Waals surface area contributed by atoms with Crippen LogP contribution in [-0.2, 0) is 14.4 Å². The monoisotopic (exact) mass is 667 g/mol. The lowest BCUT2D eigenvalue weighted by molar-refractivity contribution is -0.121. The Bertz CT molecular complexity index is 1740. The van der Waals surface area contributed by atoms with Crippen molar-refractivity contribution in [1.29, 1.82) is 0 Å². The Labute approximate surface area is 269 Å². The summed E-state index contributed by atoms with van der Waals surface area (Å²) in [5, 5.41) is 2.82. The zero-order valence-corrected chi connectivity index (χ0v) is 26.5. The Kier molecular flexibility index (Phi) is 9.44. The molecule has 1 aliphatic rings. The minimum Gasteiger partial charge on any atom is -0.490 e. The van der Waals surface area contributed by atoms with E-state index < -0.39 is 17.8 Å². The van der Waals surface area contributed by atoms with Crippen molar-refractivity contribution < 1.29 is 28.7 Å². The van der Waals surface area contributed by atoms with Gasteiger partial charge in [-0.25, -0.2) is 14.6 Å². The predicted octanol–water partition coefficient (Wildman–Crippen LogP) is 7.07. The Morgan fingerprint density at radius 1 is 0.800 bits per heavy atom. The van der Waals surface area contributed by atoms with Crippen molar-refractivity contribution in [2.45, 2.75) is 20.8 Å². The SMILES string of the molecule is CCOc1cc(C=C2C(=O)N(c3ccccc3)C(=O)N(c3ccccc3)C2=O)cc(Br)c1OCC(=O)Nc1ccc(C)c(C)c1. The molecule has 0 spiro atoms. The van der Waals surface area contributed by atoms with Crippen LogP contribution in [-0.4, -0.2) is 37.0 Å². The summed E-state index contributed by atoms with van der Waals surface area (Å²) in [6.45, 7) is 5.75. The molecule has 1 fully saturated rings. The number of carbonyl (C=O) groups is 4. The molecule has 0 saturated carbocycles. The predicted molar refractivity (Wildman–Crippen MR) is 177 cm³/mol. The van der Waals surface area contributed by atoms with Gasteiger partial charge in [0.25, 0.3) is 17.7 Å². The molecule has 0 unspecified atom stereocenters. The van der Waals surface area contributed by atoms with E-state index in [9.17, 15) is 19.2 Å². The van der Waals surface area contributed by atoms with Crippen LogP contribution in [0.5, 0.6) is 11.5 Å². The molecule has 5 amide bonds. The molecule has 10 heteroatoms. The molecule has 0 aromatic heterocycles. The number of nitrogens with zero attached hydrogens (tertiary/aromatic N) is 2. The number of anilines is 3. The lowest BCUT2D eigenvalue weighted by Crippen LogP contribution is -2.57. The minimum atomic E-state index is -0.779. The van der Waals surface area contributed by atoms with Gasteiger partial charge in [-0.1, -0.05) is 42.5 Å². The van der Waals surface area contributed by atoms with E-state index in [0.29, 0.717) is 32.8 Å². The third-order valence-corrected chi connectivity index (χ3v) is 7.65. The second-order valence-corrected chi connectivity index (χ2v) is 11.0. The van der Waals surface area contributed by atoms with E-state index in [1.54, 1.807) is 79.7 Å². The van der Waals surface area contributed by atoms with Crippen molar-refractivity contribution in [3.8, 4) is 11.5 Å². The van der Waals surface area contributed by atoms with E-state index in [0.717, 1.165) is 20.9 Å². The molecule has 228 valence electrons. The summed E-state index contributed by atoms with van der Waals surface area (Å²) >= 11 is 3.49. The number of benzene rings is 4. The number of halogens is 1. The van der Waals surface area contributed by atoms with Gasteiger partial charge in [0.1, 0.15) is 5.57 Å². The average molecular weight is 669 g/mol. The molecule has 1 aliphatic heterocycles. The summed E-state index contributed by atoms with van der Waals surface area (Å²) in [6, 6.07) is 24.9. The second kappa shape index (κ2) is 13.6. The highest BCUT2D eigenvalue weighted by atomic mass is 79.9. The van der Waals surface area contributed by atoms with Crippen molar-refractivity contribution in [3.63, 3.8) is 0 Å². The van der Waals surface area contributed by atoms with Crippen LogP contribution in [0, 0.1) is 13.8 Å². The maximum absolute atomic E-state index is 13.7. The van der Waals surface area contributed by atoms with Gasteiger partial charge in [0.15, 0.2) is 18.1 Å². The Morgan fingerprint density at radius 2 is 1.40 bits per heavy atom. The van der Waals surface area contributed by atoms with Gasteiger partial charge in [0, 0.05) is 5.69 Å². The van der Waals surface area contributed by atoms with E-state index in [4.69, 9.17) is 9.47 Å². The van der Waals surface area contributed by atoms with Crippen molar-refractivity contribution in [2.24, 2.45) is 0 Å². The first kappa shape index (κ1) is 31.2. The number of para-hydroxylation sites is 2. The maximum atomic E-state index is 13.7. The summed E-state index contributed by atoms with van der Waals surface area (Å²) < 4.78 is 12.1. The normalized spacial score (nSPS) is 13.2. The van der Waals surface area contributed by atoms with Gasteiger partial charge in [-0.05, 0) is 108 Å². The number of rotatable bonds is 9. The van der Waals surface area contributed by atoms with Crippen molar-refractivity contribution >= 4 is 62.8 Å². The summed E-state index contributed by atoms with van der Waals surface area (Å²) in [5.74, 6) is -1.31. The number of hydrogen-bond acceptors (Lipinski definition) is 6. The van der Waals surface area contributed by atoms with Crippen molar-refractivity contribution in [2.75, 3.05) is 28.3 Å². The number of nitrogens with one attached hydrogen (secondary N) is 1. The van der Waals surface area contributed by atoms with Gasteiger partial charge in [0.2, 0.25) is 0 Å². The molecule has 5 rings (SSSR count). The second-order valence-electron chi connectivity index (χ2n) is 10.2. The van der Waals surface area contributed by atoms with Gasteiger partial charge < -0.3 is 14.8 Å². The standard InChI is InChI=1S/C35H30BrN3O6/c1-4-44-30-20-24(19-29(36)32(30)45-21-31(40)37-25-16-15-22(2)23(3)17-25)18-28-33(41)38(26-11-7-5-8-12-26)35(43)39(34(28)42)27-13-9-6-10-14-27/h5-20H,4,21H2,1-3H3,(H,37,40).